The monoisotopic (exact) mass is 284 g/mol. The molecule has 0 aliphatic carbocycles. The zero-order valence-electron chi connectivity index (χ0n) is 12.4. The van der Waals surface area contributed by atoms with Crippen LogP contribution in [0.1, 0.15) is 37.3 Å². The van der Waals surface area contributed by atoms with Gasteiger partial charge in [0.05, 0.1) is 4.92 Å². The van der Waals surface area contributed by atoms with Crippen molar-refractivity contribution >= 4 is 11.4 Å². The van der Waals surface area contributed by atoms with Crippen LogP contribution in [0, 0.1) is 10.1 Å². The third-order valence-electron chi connectivity index (χ3n) is 3.71. The van der Waals surface area contributed by atoms with Crippen molar-refractivity contribution in [1.29, 1.82) is 0 Å². The largest absolute Gasteiger partial charge is 0.381 e. The number of nitrogens with one attached hydrogen (secondary N) is 1. The molecule has 0 saturated heterocycles. The lowest BCUT2D eigenvalue weighted by Gasteiger charge is -2.11. The summed E-state index contributed by atoms with van der Waals surface area (Å²) in [5, 5.41) is 14.0. The highest BCUT2D eigenvalue weighted by Gasteiger charge is 2.06. The molecule has 0 aliphatic rings. The first kappa shape index (κ1) is 15.0. The molecular weight excluding hydrogens is 264 g/mol. The molecule has 4 heteroatoms. The lowest BCUT2D eigenvalue weighted by Crippen LogP contribution is -2.00. The normalized spacial score (nSPS) is 11.9. The average Bonchev–Trinajstić information content (AvgIpc) is 2.53. The van der Waals surface area contributed by atoms with Gasteiger partial charge in [-0.05, 0) is 35.6 Å². The van der Waals surface area contributed by atoms with E-state index >= 15 is 0 Å². The molecule has 1 N–H and O–H groups in total. The van der Waals surface area contributed by atoms with Crippen LogP contribution in [-0.4, -0.2) is 4.92 Å². The molecule has 2 rings (SSSR count). The van der Waals surface area contributed by atoms with Gasteiger partial charge in [-0.15, -0.1) is 0 Å². The van der Waals surface area contributed by atoms with E-state index in [4.69, 9.17) is 0 Å². The molecule has 0 saturated carbocycles. The summed E-state index contributed by atoms with van der Waals surface area (Å²) >= 11 is 0. The summed E-state index contributed by atoms with van der Waals surface area (Å²) < 4.78 is 0. The van der Waals surface area contributed by atoms with Crippen LogP contribution >= 0.6 is 0 Å². The van der Waals surface area contributed by atoms with Gasteiger partial charge in [0.15, 0.2) is 0 Å². The van der Waals surface area contributed by atoms with Gasteiger partial charge >= 0.3 is 0 Å². The molecule has 0 fully saturated rings. The van der Waals surface area contributed by atoms with Crippen LogP contribution in [0.3, 0.4) is 0 Å². The van der Waals surface area contributed by atoms with Crippen molar-refractivity contribution in [3.05, 3.63) is 69.8 Å². The van der Waals surface area contributed by atoms with Crippen molar-refractivity contribution in [2.24, 2.45) is 0 Å². The summed E-state index contributed by atoms with van der Waals surface area (Å²) in [6.07, 6.45) is 1.13. The number of hydrogen-bond donors (Lipinski definition) is 1. The minimum Gasteiger partial charge on any atom is -0.381 e. The highest BCUT2D eigenvalue weighted by atomic mass is 16.6. The Morgan fingerprint density at radius 1 is 1.19 bits per heavy atom. The molecule has 2 aromatic carbocycles. The molecule has 1 atom stereocenters. The minimum atomic E-state index is -0.371. The summed E-state index contributed by atoms with van der Waals surface area (Å²) in [4.78, 5) is 10.4. The summed E-state index contributed by atoms with van der Waals surface area (Å²) in [6, 6.07) is 15.1. The molecule has 0 radical (unpaired) electrons. The van der Waals surface area contributed by atoms with Crippen LogP contribution in [0.15, 0.2) is 48.5 Å². The van der Waals surface area contributed by atoms with Crippen molar-refractivity contribution in [3.8, 4) is 0 Å². The Morgan fingerprint density at radius 3 is 2.52 bits per heavy atom. The van der Waals surface area contributed by atoms with Gasteiger partial charge in [0.2, 0.25) is 0 Å². The highest BCUT2D eigenvalue weighted by molar-refractivity contribution is 5.46. The highest BCUT2D eigenvalue weighted by Crippen LogP contribution is 2.21. The maximum absolute atomic E-state index is 10.7. The summed E-state index contributed by atoms with van der Waals surface area (Å²) in [7, 11) is 0. The van der Waals surface area contributed by atoms with E-state index < -0.39 is 0 Å². The second-order valence-electron chi connectivity index (χ2n) is 5.21. The second-order valence-corrected chi connectivity index (χ2v) is 5.21. The first-order valence-electron chi connectivity index (χ1n) is 7.17. The third kappa shape index (κ3) is 4.05. The summed E-state index contributed by atoms with van der Waals surface area (Å²) in [5.41, 5.74) is 3.38. The number of nitro groups is 1. The number of rotatable bonds is 6. The zero-order valence-corrected chi connectivity index (χ0v) is 12.4. The standard InChI is InChI=1S/C17H20N2O2/c1-3-13(2)15-7-9-16(10-8-15)18-12-14-5-4-6-17(11-14)19(20)21/h4-11,13,18H,3,12H2,1-2H3. The predicted octanol–water partition coefficient (Wildman–Crippen LogP) is 4.72. The van der Waals surface area contributed by atoms with Gasteiger partial charge in [0, 0.05) is 24.4 Å². The quantitative estimate of drug-likeness (QED) is 0.616. The predicted molar refractivity (Wildman–Crippen MR) is 85.6 cm³/mol. The summed E-state index contributed by atoms with van der Waals surface area (Å²) in [5.74, 6) is 0.566. The maximum atomic E-state index is 10.7. The Hall–Kier alpha value is -2.36. The Morgan fingerprint density at radius 2 is 1.90 bits per heavy atom. The Labute approximate surface area is 125 Å². The van der Waals surface area contributed by atoms with E-state index in [1.54, 1.807) is 12.1 Å². The number of hydrogen-bond acceptors (Lipinski definition) is 3. The van der Waals surface area contributed by atoms with Crippen molar-refractivity contribution in [2.45, 2.75) is 32.7 Å². The second kappa shape index (κ2) is 6.88. The molecule has 110 valence electrons. The average molecular weight is 284 g/mol. The van der Waals surface area contributed by atoms with E-state index in [-0.39, 0.29) is 10.6 Å². The van der Waals surface area contributed by atoms with Gasteiger partial charge in [-0.2, -0.15) is 0 Å². The minimum absolute atomic E-state index is 0.126. The number of anilines is 1. The fourth-order valence-corrected chi connectivity index (χ4v) is 2.15. The Kier molecular flexibility index (Phi) is 4.93. The van der Waals surface area contributed by atoms with E-state index in [0.29, 0.717) is 12.5 Å². The van der Waals surface area contributed by atoms with Crippen LogP contribution in [0.2, 0.25) is 0 Å². The van der Waals surface area contributed by atoms with Gasteiger partial charge in [0.25, 0.3) is 5.69 Å². The first-order valence-corrected chi connectivity index (χ1v) is 7.17. The van der Waals surface area contributed by atoms with Crippen LogP contribution < -0.4 is 5.32 Å². The van der Waals surface area contributed by atoms with E-state index in [9.17, 15) is 10.1 Å². The van der Waals surface area contributed by atoms with E-state index in [2.05, 4.69) is 43.4 Å². The van der Waals surface area contributed by atoms with Crippen LogP contribution in [0.5, 0.6) is 0 Å². The van der Waals surface area contributed by atoms with Crippen molar-refractivity contribution < 1.29 is 4.92 Å². The fraction of sp³-hybridized carbons (Fsp3) is 0.294. The van der Waals surface area contributed by atoms with E-state index in [1.165, 1.54) is 11.6 Å². The summed E-state index contributed by atoms with van der Waals surface area (Å²) in [6.45, 7) is 4.97. The molecule has 1 unspecified atom stereocenters. The van der Waals surface area contributed by atoms with Crippen molar-refractivity contribution in [3.63, 3.8) is 0 Å². The molecule has 0 amide bonds. The SMILES string of the molecule is CCC(C)c1ccc(NCc2cccc([N+](=O)[O-])c2)cc1. The lowest BCUT2D eigenvalue weighted by molar-refractivity contribution is -0.384. The first-order chi connectivity index (χ1) is 10.1. The Balaban J connectivity index is 1.99. The molecule has 0 aliphatic heterocycles. The number of nitro benzene ring substituents is 1. The molecular formula is C17H20N2O2. The lowest BCUT2D eigenvalue weighted by atomic mass is 9.99. The Bertz CT molecular complexity index is 608. The molecule has 4 nitrogen and oxygen atoms in total. The molecule has 0 spiro atoms. The van der Waals surface area contributed by atoms with Crippen LogP contribution in [-0.2, 0) is 6.54 Å². The van der Waals surface area contributed by atoms with Crippen LogP contribution in [0.4, 0.5) is 11.4 Å². The van der Waals surface area contributed by atoms with Gasteiger partial charge in [-0.3, -0.25) is 10.1 Å². The smallest absolute Gasteiger partial charge is 0.269 e. The zero-order chi connectivity index (χ0) is 15.2. The molecule has 0 heterocycles. The third-order valence-corrected chi connectivity index (χ3v) is 3.71. The molecule has 0 aromatic heterocycles. The number of non-ortho nitro benzene ring substituents is 1. The van der Waals surface area contributed by atoms with Gasteiger partial charge in [-0.25, -0.2) is 0 Å². The van der Waals surface area contributed by atoms with Crippen molar-refractivity contribution in [2.75, 3.05) is 5.32 Å². The molecule has 0 bridgehead atoms. The number of nitrogens with zero attached hydrogens (tertiary/aromatic N) is 1. The van der Waals surface area contributed by atoms with Gasteiger partial charge < -0.3 is 5.32 Å². The van der Waals surface area contributed by atoms with Gasteiger partial charge in [-0.1, -0.05) is 38.1 Å². The van der Waals surface area contributed by atoms with Crippen LogP contribution in [0.25, 0.3) is 0 Å². The van der Waals surface area contributed by atoms with E-state index in [1.807, 2.05) is 6.07 Å². The molecule has 2 aromatic rings. The van der Waals surface area contributed by atoms with Gasteiger partial charge in [0.1, 0.15) is 0 Å². The van der Waals surface area contributed by atoms with Crippen molar-refractivity contribution in [1.82, 2.24) is 0 Å². The maximum Gasteiger partial charge on any atom is 0.269 e. The fourth-order valence-electron chi connectivity index (χ4n) is 2.15. The van der Waals surface area contributed by atoms with E-state index in [0.717, 1.165) is 17.7 Å². The number of benzene rings is 2. The topological polar surface area (TPSA) is 55.2 Å². The molecule has 21 heavy (non-hydrogen) atoms.